The van der Waals surface area contributed by atoms with Gasteiger partial charge in [-0.25, -0.2) is 13.1 Å². The van der Waals surface area contributed by atoms with Gasteiger partial charge in [0.2, 0.25) is 5.91 Å². The van der Waals surface area contributed by atoms with Crippen molar-refractivity contribution in [1.29, 1.82) is 0 Å². The second kappa shape index (κ2) is 6.88. The number of carbonyl (C=O) groups excluding carboxylic acids is 2. The lowest BCUT2D eigenvalue weighted by Gasteiger charge is -2.09. The van der Waals surface area contributed by atoms with Gasteiger partial charge in [-0.2, -0.15) is 0 Å². The highest BCUT2D eigenvalue weighted by atomic mass is 32.2. The van der Waals surface area contributed by atoms with E-state index in [0.717, 1.165) is 11.3 Å². The summed E-state index contributed by atoms with van der Waals surface area (Å²) in [6.07, 6.45) is 0. The van der Waals surface area contributed by atoms with Gasteiger partial charge in [-0.05, 0) is 36.8 Å². The molecule has 0 aliphatic carbocycles. The first kappa shape index (κ1) is 17.7. The SMILES string of the molecule is CC(=O)NCc1ccc(S(=O)(=O)NC(=O)c2ccc(C)n2C)cc1. The predicted octanol–water partition coefficient (Wildman–Crippen LogP) is 1.09. The van der Waals surface area contributed by atoms with E-state index >= 15 is 0 Å². The fourth-order valence-corrected chi connectivity index (χ4v) is 3.05. The molecule has 0 radical (unpaired) electrons. The number of aryl methyl sites for hydroxylation is 1. The van der Waals surface area contributed by atoms with Crippen LogP contribution in [-0.2, 0) is 28.4 Å². The van der Waals surface area contributed by atoms with Gasteiger partial charge < -0.3 is 9.88 Å². The minimum Gasteiger partial charge on any atom is -0.352 e. The normalized spacial score (nSPS) is 11.1. The van der Waals surface area contributed by atoms with Crippen molar-refractivity contribution < 1.29 is 18.0 Å². The van der Waals surface area contributed by atoms with Crippen LogP contribution in [0.2, 0.25) is 0 Å². The van der Waals surface area contributed by atoms with Crippen LogP contribution in [0, 0.1) is 6.92 Å². The summed E-state index contributed by atoms with van der Waals surface area (Å²) in [6, 6.07) is 9.25. The summed E-state index contributed by atoms with van der Waals surface area (Å²) in [4.78, 5) is 23.0. The number of aromatic nitrogens is 1. The van der Waals surface area contributed by atoms with Crippen molar-refractivity contribution in [2.45, 2.75) is 25.3 Å². The van der Waals surface area contributed by atoms with E-state index in [0.29, 0.717) is 6.54 Å². The Morgan fingerprint density at radius 1 is 1.08 bits per heavy atom. The van der Waals surface area contributed by atoms with Crippen LogP contribution in [0.1, 0.15) is 28.7 Å². The molecule has 1 heterocycles. The van der Waals surface area contributed by atoms with Gasteiger partial charge in [0.1, 0.15) is 5.69 Å². The highest BCUT2D eigenvalue weighted by molar-refractivity contribution is 7.90. The smallest absolute Gasteiger partial charge is 0.281 e. The lowest BCUT2D eigenvalue weighted by atomic mass is 10.2. The highest BCUT2D eigenvalue weighted by Gasteiger charge is 2.20. The first-order chi connectivity index (χ1) is 11.2. The Bertz CT molecular complexity index is 867. The van der Waals surface area contributed by atoms with Crippen molar-refractivity contribution in [2.75, 3.05) is 0 Å². The Balaban J connectivity index is 2.14. The summed E-state index contributed by atoms with van der Waals surface area (Å²) in [5.41, 5.74) is 1.87. The molecule has 0 aliphatic heterocycles. The molecule has 1 aromatic carbocycles. The lowest BCUT2D eigenvalue weighted by Crippen LogP contribution is -2.32. The maximum Gasteiger partial charge on any atom is 0.281 e. The topological polar surface area (TPSA) is 97.3 Å². The number of nitrogens with one attached hydrogen (secondary N) is 2. The van der Waals surface area contributed by atoms with Gasteiger partial charge in [-0.15, -0.1) is 0 Å². The summed E-state index contributed by atoms with van der Waals surface area (Å²) >= 11 is 0. The van der Waals surface area contributed by atoms with Crippen molar-refractivity contribution in [3.05, 3.63) is 53.3 Å². The Morgan fingerprint density at radius 3 is 2.21 bits per heavy atom. The molecule has 7 nitrogen and oxygen atoms in total. The highest BCUT2D eigenvalue weighted by Crippen LogP contribution is 2.12. The van der Waals surface area contributed by atoms with E-state index < -0.39 is 15.9 Å². The number of nitrogens with zero attached hydrogens (tertiary/aromatic N) is 1. The van der Waals surface area contributed by atoms with Crippen molar-refractivity contribution in [1.82, 2.24) is 14.6 Å². The fourth-order valence-electron chi connectivity index (χ4n) is 2.09. The van der Waals surface area contributed by atoms with Crippen LogP contribution in [0.5, 0.6) is 0 Å². The quantitative estimate of drug-likeness (QED) is 0.844. The van der Waals surface area contributed by atoms with E-state index in [2.05, 4.69) is 10.0 Å². The largest absolute Gasteiger partial charge is 0.352 e. The first-order valence-corrected chi connectivity index (χ1v) is 8.72. The number of sulfonamides is 1. The van der Waals surface area contributed by atoms with E-state index in [1.54, 1.807) is 35.9 Å². The van der Waals surface area contributed by atoms with Crippen LogP contribution >= 0.6 is 0 Å². The van der Waals surface area contributed by atoms with Gasteiger partial charge in [-0.1, -0.05) is 12.1 Å². The molecule has 2 N–H and O–H groups in total. The molecule has 0 aliphatic rings. The van der Waals surface area contributed by atoms with Crippen LogP contribution < -0.4 is 10.0 Å². The second-order valence-corrected chi connectivity index (χ2v) is 7.09. The van der Waals surface area contributed by atoms with Gasteiger partial charge in [-0.3, -0.25) is 9.59 Å². The van der Waals surface area contributed by atoms with Gasteiger partial charge >= 0.3 is 0 Å². The zero-order valence-corrected chi connectivity index (χ0v) is 14.5. The van der Waals surface area contributed by atoms with Gasteiger partial charge in [0.15, 0.2) is 0 Å². The van der Waals surface area contributed by atoms with Gasteiger partial charge in [0.25, 0.3) is 15.9 Å². The number of amides is 2. The van der Waals surface area contributed by atoms with Crippen molar-refractivity contribution >= 4 is 21.8 Å². The molecule has 24 heavy (non-hydrogen) atoms. The Kier molecular flexibility index (Phi) is 5.08. The Morgan fingerprint density at radius 2 is 1.71 bits per heavy atom. The third kappa shape index (κ3) is 4.02. The molecule has 2 rings (SSSR count). The number of hydrogen-bond acceptors (Lipinski definition) is 4. The molecule has 2 aromatic rings. The van der Waals surface area contributed by atoms with Crippen LogP contribution in [0.15, 0.2) is 41.3 Å². The minimum atomic E-state index is -3.96. The zero-order chi connectivity index (χ0) is 17.9. The molecule has 0 spiro atoms. The summed E-state index contributed by atoms with van der Waals surface area (Å²) in [7, 11) is -2.28. The van der Waals surface area contributed by atoms with Crippen molar-refractivity contribution in [2.24, 2.45) is 7.05 Å². The number of benzene rings is 1. The third-order valence-electron chi connectivity index (χ3n) is 3.61. The molecule has 8 heteroatoms. The number of carbonyl (C=O) groups is 2. The third-order valence-corrected chi connectivity index (χ3v) is 4.95. The molecule has 0 saturated heterocycles. The maximum atomic E-state index is 12.3. The Hall–Kier alpha value is -2.61. The monoisotopic (exact) mass is 349 g/mol. The molecule has 128 valence electrons. The van der Waals surface area contributed by atoms with Crippen LogP contribution in [0.4, 0.5) is 0 Å². The van der Waals surface area contributed by atoms with Gasteiger partial charge in [0, 0.05) is 26.2 Å². The second-order valence-electron chi connectivity index (χ2n) is 5.41. The van der Waals surface area contributed by atoms with Crippen LogP contribution in [0.3, 0.4) is 0 Å². The van der Waals surface area contributed by atoms with Crippen molar-refractivity contribution in [3.63, 3.8) is 0 Å². The summed E-state index contributed by atoms with van der Waals surface area (Å²) in [5.74, 6) is -0.857. The molecule has 0 atom stereocenters. The average Bonchev–Trinajstić information content (AvgIpc) is 2.85. The maximum absolute atomic E-state index is 12.3. The van der Waals surface area contributed by atoms with E-state index in [-0.39, 0.29) is 16.5 Å². The molecular weight excluding hydrogens is 330 g/mol. The predicted molar refractivity (Wildman–Crippen MR) is 88.8 cm³/mol. The molecule has 0 fully saturated rings. The van der Waals surface area contributed by atoms with E-state index in [1.165, 1.54) is 19.1 Å². The van der Waals surface area contributed by atoms with E-state index in [4.69, 9.17) is 0 Å². The zero-order valence-electron chi connectivity index (χ0n) is 13.7. The van der Waals surface area contributed by atoms with E-state index in [9.17, 15) is 18.0 Å². The Labute approximate surface area is 140 Å². The number of hydrogen-bond donors (Lipinski definition) is 2. The first-order valence-electron chi connectivity index (χ1n) is 7.23. The van der Waals surface area contributed by atoms with Crippen LogP contribution in [0.25, 0.3) is 0 Å². The average molecular weight is 349 g/mol. The standard InChI is InChI=1S/C16H19N3O4S/c1-11-4-9-15(19(11)3)16(21)18-24(22,23)14-7-5-13(6-8-14)10-17-12(2)20/h4-9H,10H2,1-3H3,(H,17,20)(H,18,21). The lowest BCUT2D eigenvalue weighted by molar-refractivity contribution is -0.119. The summed E-state index contributed by atoms with van der Waals surface area (Å²) in [5, 5.41) is 2.62. The van der Waals surface area contributed by atoms with Crippen molar-refractivity contribution in [3.8, 4) is 0 Å². The summed E-state index contributed by atoms with van der Waals surface area (Å²) < 4.78 is 28.3. The fraction of sp³-hybridized carbons (Fsp3) is 0.250. The van der Waals surface area contributed by atoms with Gasteiger partial charge in [0.05, 0.1) is 4.90 Å². The molecule has 2 amide bonds. The molecule has 0 bridgehead atoms. The van der Waals surface area contributed by atoms with E-state index in [1.807, 2.05) is 6.92 Å². The van der Waals surface area contributed by atoms with Crippen LogP contribution in [-0.4, -0.2) is 24.8 Å². The molecule has 1 aromatic heterocycles. The molecular formula is C16H19N3O4S. The number of rotatable bonds is 5. The minimum absolute atomic E-state index is 0.0200. The summed E-state index contributed by atoms with van der Waals surface area (Å²) in [6.45, 7) is 3.53. The molecule has 0 saturated carbocycles. The molecule has 0 unspecified atom stereocenters.